The highest BCUT2D eigenvalue weighted by Gasteiger charge is 2.53. The van der Waals surface area contributed by atoms with Gasteiger partial charge in [0.25, 0.3) is 9.70 Å². The zero-order valence-electron chi connectivity index (χ0n) is 11.8. The van der Waals surface area contributed by atoms with Gasteiger partial charge in [0.05, 0.1) is 0 Å². The Balaban J connectivity index is 3.06. The smallest absolute Gasteiger partial charge is 0.303 e. The van der Waals surface area contributed by atoms with Crippen LogP contribution in [0.4, 0.5) is 0 Å². The van der Waals surface area contributed by atoms with Crippen LogP contribution in [0.25, 0.3) is 0 Å². The quantitative estimate of drug-likeness (QED) is 0.341. The van der Waals surface area contributed by atoms with Gasteiger partial charge in [-0.15, -0.1) is 0 Å². The molecule has 1 aliphatic heterocycles. The lowest BCUT2D eigenvalue weighted by atomic mass is 10.2. The van der Waals surface area contributed by atoms with Crippen molar-refractivity contribution in [3.63, 3.8) is 0 Å². The third kappa shape index (κ3) is 4.37. The number of likely N-dealkylation sites (N-methyl/N-ethyl adjacent to an activating group) is 1. The molecule has 0 spiro atoms. The number of carbonyl (C=O) groups is 3. The Kier molecular flexibility index (Phi) is 5.89. The Morgan fingerprint density at radius 1 is 1.14 bits per heavy atom. The second-order valence-corrected chi connectivity index (χ2v) is 6.67. The van der Waals surface area contributed by atoms with E-state index in [0.29, 0.717) is 0 Å². The predicted molar refractivity (Wildman–Crippen MR) is 76.8 cm³/mol. The first-order chi connectivity index (χ1) is 9.95. The van der Waals surface area contributed by atoms with Crippen LogP contribution in [0.5, 0.6) is 0 Å². The van der Waals surface area contributed by atoms with E-state index in [-0.39, 0.29) is 0 Å². The number of alkyl halides is 3. The minimum Gasteiger partial charge on any atom is -0.452 e. The maximum absolute atomic E-state index is 12.1. The molecular formula is C11H13Cl3N2O6. The number of likely N-dealkylation sites (tertiary alicyclic amines) is 1. The molecule has 0 saturated carbocycles. The van der Waals surface area contributed by atoms with Crippen LogP contribution in [0, 0.1) is 5.41 Å². The molecule has 1 unspecified atom stereocenters. The van der Waals surface area contributed by atoms with E-state index in [1.165, 1.54) is 7.05 Å². The Morgan fingerprint density at radius 3 is 2.05 bits per heavy atom. The van der Waals surface area contributed by atoms with Gasteiger partial charge in [0.15, 0.2) is 0 Å². The number of esters is 2. The normalized spacial score (nSPS) is 24.9. The van der Waals surface area contributed by atoms with E-state index >= 15 is 0 Å². The molecule has 1 heterocycles. The maximum atomic E-state index is 12.1. The summed E-state index contributed by atoms with van der Waals surface area (Å²) < 4.78 is 12.8. The van der Waals surface area contributed by atoms with Crippen molar-refractivity contribution >= 4 is 58.5 Å². The summed E-state index contributed by atoms with van der Waals surface area (Å²) in [4.78, 5) is 35.4. The number of amides is 1. The van der Waals surface area contributed by atoms with Crippen LogP contribution in [-0.4, -0.2) is 57.9 Å². The van der Waals surface area contributed by atoms with E-state index in [0.717, 1.165) is 18.7 Å². The molecule has 0 radical (unpaired) electrons. The molecule has 0 aliphatic carbocycles. The molecule has 1 aliphatic rings. The predicted octanol–water partition coefficient (Wildman–Crippen LogP) is 1.01. The van der Waals surface area contributed by atoms with Crippen molar-refractivity contribution in [2.75, 3.05) is 7.05 Å². The molecular weight excluding hydrogens is 362 g/mol. The second-order valence-electron chi connectivity index (χ2n) is 4.39. The summed E-state index contributed by atoms with van der Waals surface area (Å²) in [6, 6.07) is 0. The topological polar surface area (TPSA) is 106 Å². The maximum Gasteiger partial charge on any atom is 0.303 e. The number of hydrogen-bond donors (Lipinski definition) is 1. The van der Waals surface area contributed by atoms with Crippen molar-refractivity contribution < 1.29 is 28.6 Å². The average Bonchev–Trinajstić information content (AvgIpc) is 2.54. The van der Waals surface area contributed by atoms with Crippen molar-refractivity contribution in [2.45, 2.75) is 36.1 Å². The summed E-state index contributed by atoms with van der Waals surface area (Å²) in [7, 11) is 1.30. The summed E-state index contributed by atoms with van der Waals surface area (Å²) in [5.74, 6) is -2.94. The van der Waals surface area contributed by atoms with E-state index in [4.69, 9.17) is 54.4 Å². The van der Waals surface area contributed by atoms with Gasteiger partial charge in [0, 0.05) is 20.9 Å². The van der Waals surface area contributed by atoms with Gasteiger partial charge in [0.2, 0.25) is 24.3 Å². The molecule has 0 aromatic rings. The summed E-state index contributed by atoms with van der Waals surface area (Å²) in [6.07, 6.45) is -3.98. The minimum atomic E-state index is -2.16. The minimum absolute atomic E-state index is 0.677. The van der Waals surface area contributed by atoms with Crippen molar-refractivity contribution in [2.24, 2.45) is 0 Å². The van der Waals surface area contributed by atoms with Gasteiger partial charge in [-0.2, -0.15) is 0 Å². The first-order valence-electron chi connectivity index (χ1n) is 5.88. The number of nitrogens with zero attached hydrogens (tertiary/aromatic N) is 1. The van der Waals surface area contributed by atoms with E-state index < -0.39 is 46.0 Å². The Bertz CT molecular complexity index is 507. The largest absolute Gasteiger partial charge is 0.452 e. The van der Waals surface area contributed by atoms with Gasteiger partial charge >= 0.3 is 11.9 Å². The lowest BCUT2D eigenvalue weighted by Gasteiger charge is -2.27. The Morgan fingerprint density at radius 2 is 1.64 bits per heavy atom. The molecule has 1 rings (SSSR count). The van der Waals surface area contributed by atoms with Gasteiger partial charge in [-0.1, -0.05) is 34.8 Å². The average molecular weight is 376 g/mol. The Hall–Kier alpha value is -1.25. The molecule has 3 atom stereocenters. The van der Waals surface area contributed by atoms with Crippen molar-refractivity contribution in [1.82, 2.24) is 4.90 Å². The monoisotopic (exact) mass is 374 g/mol. The van der Waals surface area contributed by atoms with Gasteiger partial charge in [-0.05, 0) is 0 Å². The zero-order chi connectivity index (χ0) is 17.2. The fraction of sp³-hybridized carbons (Fsp3) is 0.636. The fourth-order valence-electron chi connectivity index (χ4n) is 1.78. The summed E-state index contributed by atoms with van der Waals surface area (Å²) in [5.41, 5.74) is 0. The number of carbonyl (C=O) groups excluding carboxylic acids is 3. The van der Waals surface area contributed by atoms with Crippen LogP contribution >= 0.6 is 34.8 Å². The summed E-state index contributed by atoms with van der Waals surface area (Å²) in [5, 5.41) is 7.54. The molecule has 8 nitrogen and oxygen atoms in total. The van der Waals surface area contributed by atoms with Gasteiger partial charge < -0.3 is 19.1 Å². The number of rotatable bonds is 3. The third-order valence-electron chi connectivity index (χ3n) is 2.64. The fourth-order valence-corrected chi connectivity index (χ4v) is 1.91. The van der Waals surface area contributed by atoms with E-state index in [1.807, 2.05) is 0 Å². The molecule has 0 aromatic carbocycles. The third-order valence-corrected chi connectivity index (χ3v) is 3.16. The SMILES string of the molecule is CC(=O)O[C@H]1C(=O)N(C)C(OC(=N)C(Cl)(Cl)Cl)[C@@H]1OC(C)=O. The highest BCUT2D eigenvalue weighted by atomic mass is 35.6. The number of nitrogens with one attached hydrogen (secondary N) is 1. The van der Waals surface area contributed by atoms with E-state index in [1.54, 1.807) is 0 Å². The summed E-state index contributed by atoms with van der Waals surface area (Å²) >= 11 is 16.5. The molecule has 1 amide bonds. The van der Waals surface area contributed by atoms with E-state index in [2.05, 4.69) is 0 Å². The first kappa shape index (κ1) is 18.8. The van der Waals surface area contributed by atoms with Crippen molar-refractivity contribution in [3.8, 4) is 0 Å². The summed E-state index contributed by atoms with van der Waals surface area (Å²) in [6.45, 7) is 2.20. The van der Waals surface area contributed by atoms with Crippen LogP contribution in [0.1, 0.15) is 13.8 Å². The molecule has 11 heteroatoms. The number of halogens is 3. The molecule has 0 aromatic heterocycles. The van der Waals surface area contributed by atoms with Crippen LogP contribution < -0.4 is 0 Å². The molecule has 0 bridgehead atoms. The second kappa shape index (κ2) is 6.89. The number of ether oxygens (including phenoxy) is 3. The highest BCUT2D eigenvalue weighted by molar-refractivity contribution is 6.76. The Labute approximate surface area is 141 Å². The van der Waals surface area contributed by atoms with Crippen molar-refractivity contribution in [3.05, 3.63) is 0 Å². The van der Waals surface area contributed by atoms with Gasteiger partial charge in [-0.25, -0.2) is 0 Å². The van der Waals surface area contributed by atoms with Crippen LogP contribution in [-0.2, 0) is 28.6 Å². The molecule has 1 saturated heterocycles. The lowest BCUT2D eigenvalue weighted by Crippen LogP contribution is -2.43. The molecule has 124 valence electrons. The molecule has 1 N–H and O–H groups in total. The first-order valence-corrected chi connectivity index (χ1v) is 7.02. The van der Waals surface area contributed by atoms with Gasteiger partial charge in [-0.3, -0.25) is 19.8 Å². The van der Waals surface area contributed by atoms with Crippen LogP contribution in [0.2, 0.25) is 0 Å². The van der Waals surface area contributed by atoms with Gasteiger partial charge in [0.1, 0.15) is 0 Å². The molecule has 22 heavy (non-hydrogen) atoms. The lowest BCUT2D eigenvalue weighted by molar-refractivity contribution is -0.169. The number of hydrogen-bond acceptors (Lipinski definition) is 7. The standard InChI is InChI=1S/C11H13Cl3N2O6/c1-4(17)20-6-7(21-5(2)18)9(16(3)8(6)19)22-10(15)11(12,13)14/h6-7,9,15H,1-3H3/t6-,7-,9?/m1/s1. The molecule has 1 fully saturated rings. The highest BCUT2D eigenvalue weighted by Crippen LogP contribution is 2.32. The zero-order valence-corrected chi connectivity index (χ0v) is 14.0. The van der Waals surface area contributed by atoms with Crippen molar-refractivity contribution in [1.29, 1.82) is 5.41 Å². The van der Waals surface area contributed by atoms with Crippen LogP contribution in [0.15, 0.2) is 0 Å². The van der Waals surface area contributed by atoms with Crippen LogP contribution in [0.3, 0.4) is 0 Å². The van der Waals surface area contributed by atoms with E-state index in [9.17, 15) is 14.4 Å².